The molecule has 0 aliphatic rings. The van der Waals surface area contributed by atoms with Crippen molar-refractivity contribution < 1.29 is 24.0 Å². The largest absolute Gasteiger partial charge is 0.511 e. The highest BCUT2D eigenvalue weighted by molar-refractivity contribution is 5.63. The van der Waals surface area contributed by atoms with Crippen molar-refractivity contribution in [2.45, 2.75) is 12.8 Å². The molecule has 0 bridgehead atoms. The van der Waals surface area contributed by atoms with Crippen LogP contribution in [0.1, 0.15) is 24.0 Å². The van der Waals surface area contributed by atoms with Crippen LogP contribution in [0.5, 0.6) is 5.75 Å². The number of hydrogen-bond acceptors (Lipinski definition) is 4. The van der Waals surface area contributed by atoms with E-state index in [1.807, 2.05) is 0 Å². The van der Waals surface area contributed by atoms with E-state index < -0.39 is 22.8 Å². The number of nitro groups is 1. The average Bonchev–Trinajstić information content (AvgIpc) is 2.47. The smallest absolute Gasteiger partial charge is 0.449 e. The predicted octanol–water partition coefficient (Wildman–Crippen LogP) is 3.94. The van der Waals surface area contributed by atoms with Crippen LogP contribution in [0.4, 0.5) is 14.9 Å². The Balaban J connectivity index is 2.49. The summed E-state index contributed by atoms with van der Waals surface area (Å²) in [5.74, 6) is -0.804. The molecule has 0 unspecified atom stereocenters. The molecule has 7 heteroatoms. The average molecular weight is 305 g/mol. The van der Waals surface area contributed by atoms with E-state index in [2.05, 4.69) is 4.74 Å². The van der Waals surface area contributed by atoms with Gasteiger partial charge in [-0.2, -0.15) is 0 Å². The Kier molecular flexibility index (Phi) is 4.36. The van der Waals surface area contributed by atoms with Gasteiger partial charge in [0.05, 0.1) is 4.92 Å². The first kappa shape index (κ1) is 15.4. The van der Waals surface area contributed by atoms with Crippen LogP contribution in [0.15, 0.2) is 42.5 Å². The Morgan fingerprint density at radius 1 is 1.27 bits per heavy atom. The fourth-order valence-corrected chi connectivity index (χ4v) is 2.11. The Morgan fingerprint density at radius 3 is 2.45 bits per heavy atom. The lowest BCUT2D eigenvalue weighted by Gasteiger charge is -2.15. The summed E-state index contributed by atoms with van der Waals surface area (Å²) in [6.45, 7) is 1.72. The van der Waals surface area contributed by atoms with Gasteiger partial charge in [0.15, 0.2) is 0 Å². The predicted molar refractivity (Wildman–Crippen MR) is 75.7 cm³/mol. The van der Waals surface area contributed by atoms with E-state index in [-0.39, 0.29) is 11.4 Å². The number of ether oxygens (including phenoxy) is 1. The van der Waals surface area contributed by atoms with Gasteiger partial charge in [-0.15, -0.1) is 0 Å². The van der Waals surface area contributed by atoms with Crippen LogP contribution in [0.25, 0.3) is 0 Å². The van der Waals surface area contributed by atoms with Gasteiger partial charge in [0.1, 0.15) is 11.6 Å². The number of halogens is 1. The minimum atomic E-state index is -1.51. The van der Waals surface area contributed by atoms with E-state index >= 15 is 0 Å². The molecule has 0 saturated heterocycles. The number of non-ortho nitro benzene ring substituents is 1. The van der Waals surface area contributed by atoms with Gasteiger partial charge >= 0.3 is 6.16 Å². The van der Waals surface area contributed by atoms with Crippen LogP contribution >= 0.6 is 0 Å². The van der Waals surface area contributed by atoms with Crippen LogP contribution in [0.3, 0.4) is 0 Å². The van der Waals surface area contributed by atoms with Gasteiger partial charge in [-0.3, -0.25) is 10.1 Å². The van der Waals surface area contributed by atoms with Gasteiger partial charge in [0.25, 0.3) is 5.69 Å². The van der Waals surface area contributed by atoms with Crippen LogP contribution < -0.4 is 4.74 Å². The number of benzene rings is 2. The Bertz CT molecular complexity index is 714. The zero-order valence-corrected chi connectivity index (χ0v) is 11.5. The molecule has 0 saturated carbocycles. The number of hydrogen-bond donors (Lipinski definition) is 1. The van der Waals surface area contributed by atoms with Gasteiger partial charge in [-0.05, 0) is 23.8 Å². The zero-order valence-electron chi connectivity index (χ0n) is 11.5. The van der Waals surface area contributed by atoms with E-state index in [1.54, 1.807) is 6.92 Å². The first-order chi connectivity index (χ1) is 10.4. The first-order valence-corrected chi connectivity index (χ1v) is 6.33. The summed E-state index contributed by atoms with van der Waals surface area (Å²) in [5.41, 5.74) is 0.835. The minimum Gasteiger partial charge on any atom is -0.449 e. The molecule has 0 amide bonds. The number of rotatable bonds is 4. The molecule has 114 valence electrons. The summed E-state index contributed by atoms with van der Waals surface area (Å²) < 4.78 is 17.6. The molecule has 0 fully saturated rings. The second kappa shape index (κ2) is 6.21. The Morgan fingerprint density at radius 2 is 1.91 bits per heavy atom. The van der Waals surface area contributed by atoms with Crippen LogP contribution in [0, 0.1) is 15.9 Å². The number of carbonyl (C=O) groups is 1. The Labute approximate surface area is 124 Å². The normalized spacial score (nSPS) is 11.7. The summed E-state index contributed by atoms with van der Waals surface area (Å²) in [5, 5.41) is 19.6. The van der Waals surface area contributed by atoms with Crippen molar-refractivity contribution in [3.63, 3.8) is 0 Å². The van der Waals surface area contributed by atoms with Crippen molar-refractivity contribution in [1.29, 1.82) is 0 Å². The highest BCUT2D eigenvalue weighted by Gasteiger charge is 2.20. The summed E-state index contributed by atoms with van der Waals surface area (Å²) in [6.07, 6.45) is -1.51. The van der Waals surface area contributed by atoms with E-state index in [0.717, 1.165) is 0 Å². The van der Waals surface area contributed by atoms with Crippen LogP contribution in [0.2, 0.25) is 0 Å². The number of nitro benzene ring substituents is 1. The molecule has 0 spiro atoms. The fraction of sp³-hybridized carbons (Fsp3) is 0.133. The summed E-state index contributed by atoms with van der Waals surface area (Å²) in [4.78, 5) is 21.0. The summed E-state index contributed by atoms with van der Waals surface area (Å²) >= 11 is 0. The third kappa shape index (κ3) is 3.38. The number of nitrogens with zero attached hydrogens (tertiary/aromatic N) is 1. The summed E-state index contributed by atoms with van der Waals surface area (Å²) in [7, 11) is 0. The van der Waals surface area contributed by atoms with Crippen molar-refractivity contribution in [1.82, 2.24) is 0 Å². The maximum atomic E-state index is 13.0. The molecular formula is C15H12FNO5. The maximum Gasteiger partial charge on any atom is 0.511 e. The number of carboxylic acid groups (broad SMARTS) is 1. The third-order valence-electron chi connectivity index (χ3n) is 3.24. The first-order valence-electron chi connectivity index (χ1n) is 6.33. The standard InChI is InChI=1S/C15H12FNO5/c1-9(10-2-4-11(16)5-3-10)13-8-12(17(20)21)6-7-14(13)22-15(18)19/h2-9H,1H3,(H,18,19)/t9-/m1/s1. The SMILES string of the molecule is C[C@H](c1ccc(F)cc1)c1cc([N+](=O)[O-])ccc1OC(=O)O. The molecule has 0 aromatic heterocycles. The molecular weight excluding hydrogens is 293 g/mol. The summed E-state index contributed by atoms with van der Waals surface area (Å²) in [6, 6.07) is 9.25. The van der Waals surface area contributed by atoms with Crippen LogP contribution in [-0.4, -0.2) is 16.2 Å². The Hall–Kier alpha value is -2.96. The highest BCUT2D eigenvalue weighted by Crippen LogP contribution is 2.34. The second-order valence-corrected chi connectivity index (χ2v) is 4.62. The molecule has 2 aromatic carbocycles. The molecule has 6 nitrogen and oxygen atoms in total. The van der Waals surface area contributed by atoms with Crippen molar-refractivity contribution in [2.75, 3.05) is 0 Å². The van der Waals surface area contributed by atoms with Gasteiger partial charge < -0.3 is 9.84 Å². The monoisotopic (exact) mass is 305 g/mol. The molecule has 2 rings (SSSR count). The fourth-order valence-electron chi connectivity index (χ4n) is 2.11. The maximum absolute atomic E-state index is 13.0. The molecule has 0 heterocycles. The topological polar surface area (TPSA) is 89.7 Å². The zero-order chi connectivity index (χ0) is 16.3. The third-order valence-corrected chi connectivity index (χ3v) is 3.24. The van der Waals surface area contributed by atoms with E-state index in [1.165, 1.54) is 42.5 Å². The van der Waals surface area contributed by atoms with Gasteiger partial charge in [-0.1, -0.05) is 19.1 Å². The van der Waals surface area contributed by atoms with Crippen LogP contribution in [-0.2, 0) is 0 Å². The van der Waals surface area contributed by atoms with E-state index in [0.29, 0.717) is 11.1 Å². The molecule has 0 aliphatic carbocycles. The molecule has 1 atom stereocenters. The van der Waals surface area contributed by atoms with Crippen molar-refractivity contribution in [3.8, 4) is 5.75 Å². The van der Waals surface area contributed by atoms with Gasteiger partial charge in [0.2, 0.25) is 0 Å². The van der Waals surface area contributed by atoms with E-state index in [9.17, 15) is 19.3 Å². The van der Waals surface area contributed by atoms with Crippen molar-refractivity contribution in [2.24, 2.45) is 0 Å². The van der Waals surface area contributed by atoms with Gasteiger partial charge in [0, 0.05) is 23.6 Å². The molecule has 1 N–H and O–H groups in total. The molecule has 2 aromatic rings. The quantitative estimate of drug-likeness (QED) is 0.400. The molecule has 22 heavy (non-hydrogen) atoms. The second-order valence-electron chi connectivity index (χ2n) is 4.62. The lowest BCUT2D eigenvalue weighted by atomic mass is 9.92. The lowest BCUT2D eigenvalue weighted by Crippen LogP contribution is -2.08. The van der Waals surface area contributed by atoms with Crippen molar-refractivity contribution >= 4 is 11.8 Å². The molecule has 0 aliphatic heterocycles. The highest BCUT2D eigenvalue weighted by atomic mass is 19.1. The van der Waals surface area contributed by atoms with Gasteiger partial charge in [-0.25, -0.2) is 9.18 Å². The lowest BCUT2D eigenvalue weighted by molar-refractivity contribution is -0.384. The molecule has 0 radical (unpaired) electrons. The van der Waals surface area contributed by atoms with E-state index in [4.69, 9.17) is 5.11 Å². The van der Waals surface area contributed by atoms with Crippen molar-refractivity contribution in [3.05, 3.63) is 69.5 Å². The minimum absolute atomic E-state index is 0.00919.